The number of esters is 1. The van der Waals surface area contributed by atoms with Crippen LogP contribution in [0.5, 0.6) is 0 Å². The van der Waals surface area contributed by atoms with Crippen molar-refractivity contribution in [2.75, 3.05) is 19.1 Å². The highest BCUT2D eigenvalue weighted by Gasteiger charge is 2.59. The minimum atomic E-state index is -4.84. The second kappa shape index (κ2) is 6.17. The minimum Gasteiger partial charge on any atom is -0.464 e. The lowest BCUT2D eigenvalue weighted by Crippen LogP contribution is -2.51. The molecule has 11 heteroatoms. The second-order valence-electron chi connectivity index (χ2n) is 4.46. The largest absolute Gasteiger partial charge is 0.464 e. The summed E-state index contributed by atoms with van der Waals surface area (Å²) in [5.41, 5.74) is -0.228. The van der Waals surface area contributed by atoms with E-state index in [1.54, 1.807) is 6.26 Å². The smallest absolute Gasteiger partial charge is 0.427 e. The highest BCUT2D eigenvalue weighted by molar-refractivity contribution is 8.26. The molecule has 0 aliphatic carbocycles. The number of carbonyl (C=O) groups is 2. The molecule has 5 nitrogen and oxygen atoms in total. The van der Waals surface area contributed by atoms with Crippen LogP contribution in [-0.4, -0.2) is 57.5 Å². The summed E-state index contributed by atoms with van der Waals surface area (Å²) in [4.78, 5) is 21.8. The molecule has 0 radical (unpaired) electrons. The zero-order valence-corrected chi connectivity index (χ0v) is 13.9. The Morgan fingerprint density at radius 3 is 2.59 bits per heavy atom. The van der Waals surface area contributed by atoms with Crippen LogP contribution in [0, 0.1) is 0 Å². The normalized spacial score (nSPS) is 31.1. The van der Waals surface area contributed by atoms with Crippen molar-refractivity contribution in [1.29, 1.82) is 0 Å². The van der Waals surface area contributed by atoms with Crippen molar-refractivity contribution < 1.29 is 32.6 Å². The molecular formula is C11H12F3NO4S3. The molecule has 22 heavy (non-hydrogen) atoms. The summed E-state index contributed by atoms with van der Waals surface area (Å²) >= 11 is 2.13. The summed E-state index contributed by atoms with van der Waals surface area (Å²) in [7, 11) is 1.08. The molecule has 0 aromatic heterocycles. The molecule has 2 aliphatic heterocycles. The number of hydrogen-bond donors (Lipinski definition) is 1. The Bertz CT molecular complexity index is 539. The number of carbonyl (C=O) groups excluding carboxylic acids is 2. The van der Waals surface area contributed by atoms with E-state index in [4.69, 9.17) is 0 Å². The molecule has 2 aliphatic rings. The fourth-order valence-electron chi connectivity index (χ4n) is 1.85. The van der Waals surface area contributed by atoms with E-state index in [1.165, 1.54) is 11.8 Å². The van der Waals surface area contributed by atoms with E-state index >= 15 is 0 Å². The summed E-state index contributed by atoms with van der Waals surface area (Å²) in [6.07, 6.45) is -2.91. The molecule has 2 unspecified atom stereocenters. The summed E-state index contributed by atoms with van der Waals surface area (Å²) in [6, 6.07) is 0. The Labute approximate surface area is 137 Å². The van der Waals surface area contributed by atoms with Crippen LogP contribution in [0.15, 0.2) is 9.93 Å². The lowest BCUT2D eigenvalue weighted by Gasteiger charge is -2.40. The Balaban J connectivity index is 2.39. The van der Waals surface area contributed by atoms with Gasteiger partial charge in [-0.25, -0.2) is 4.79 Å². The Hall–Kier alpha value is -0.520. The molecular weight excluding hydrogens is 363 g/mol. The standard InChI is InChI=1S/C11H12F3NO4S3/c1-19-8(17)7(15-5(16)3-6(15)20-2)9-21-4-10(18,22-9)11(12,13)14/h6,18H,3-4H2,1-2H3. The second-order valence-corrected chi connectivity index (χ2v) is 8.01. The Kier molecular flexibility index (Phi) is 5.00. The van der Waals surface area contributed by atoms with Crippen LogP contribution in [0.2, 0.25) is 0 Å². The topological polar surface area (TPSA) is 66.8 Å². The highest BCUT2D eigenvalue weighted by Crippen LogP contribution is 2.56. The third kappa shape index (κ3) is 2.95. The van der Waals surface area contributed by atoms with Gasteiger partial charge in [0.25, 0.3) is 0 Å². The molecule has 2 saturated heterocycles. The Morgan fingerprint density at radius 2 is 2.18 bits per heavy atom. The van der Waals surface area contributed by atoms with Crippen molar-refractivity contribution in [3.63, 3.8) is 0 Å². The third-order valence-corrected chi connectivity index (χ3v) is 6.91. The van der Waals surface area contributed by atoms with E-state index in [0.717, 1.165) is 12.0 Å². The Morgan fingerprint density at radius 1 is 1.55 bits per heavy atom. The van der Waals surface area contributed by atoms with Gasteiger partial charge in [-0.15, -0.1) is 23.5 Å². The molecule has 0 bridgehead atoms. The van der Waals surface area contributed by atoms with Gasteiger partial charge in [0, 0.05) is 5.75 Å². The average Bonchev–Trinajstić information content (AvgIpc) is 2.84. The van der Waals surface area contributed by atoms with Crippen LogP contribution in [-0.2, 0) is 14.3 Å². The van der Waals surface area contributed by atoms with E-state index in [0.29, 0.717) is 11.8 Å². The molecule has 124 valence electrons. The third-order valence-electron chi connectivity index (χ3n) is 3.09. The van der Waals surface area contributed by atoms with Crippen molar-refractivity contribution in [2.24, 2.45) is 0 Å². The van der Waals surface area contributed by atoms with Gasteiger partial charge in [0.15, 0.2) is 5.70 Å². The van der Waals surface area contributed by atoms with Crippen LogP contribution < -0.4 is 0 Å². The first kappa shape index (κ1) is 17.8. The van der Waals surface area contributed by atoms with Crippen LogP contribution in [0.25, 0.3) is 0 Å². The number of aliphatic hydroxyl groups is 1. The van der Waals surface area contributed by atoms with Gasteiger partial charge in [0.2, 0.25) is 10.8 Å². The summed E-state index contributed by atoms with van der Waals surface area (Å²) in [5.74, 6) is -1.91. The number of thioether (sulfide) groups is 3. The summed E-state index contributed by atoms with van der Waals surface area (Å²) in [6.45, 7) is 0. The predicted molar refractivity (Wildman–Crippen MR) is 78.9 cm³/mol. The molecule has 0 aromatic rings. The molecule has 0 spiro atoms. The molecule has 2 fully saturated rings. The van der Waals surface area contributed by atoms with Crippen molar-refractivity contribution in [2.45, 2.75) is 22.9 Å². The van der Waals surface area contributed by atoms with Crippen LogP contribution in [0.4, 0.5) is 13.2 Å². The molecule has 2 heterocycles. The first-order chi connectivity index (χ1) is 10.1. The molecule has 0 saturated carbocycles. The van der Waals surface area contributed by atoms with Crippen LogP contribution in [0.1, 0.15) is 6.42 Å². The van der Waals surface area contributed by atoms with Crippen molar-refractivity contribution >= 4 is 47.2 Å². The number of nitrogens with zero attached hydrogens (tertiary/aromatic N) is 1. The lowest BCUT2D eigenvalue weighted by molar-refractivity contribution is -0.210. The molecule has 2 atom stereocenters. The fourth-order valence-corrected chi connectivity index (χ4v) is 5.34. The van der Waals surface area contributed by atoms with E-state index < -0.39 is 22.8 Å². The summed E-state index contributed by atoms with van der Waals surface area (Å²) < 4.78 is 43.2. The molecule has 1 amide bonds. The lowest BCUT2D eigenvalue weighted by atomic mass is 10.2. The van der Waals surface area contributed by atoms with Gasteiger partial charge in [0.1, 0.15) is 0 Å². The maximum Gasteiger partial charge on any atom is 0.427 e. The quantitative estimate of drug-likeness (QED) is 0.460. The van der Waals surface area contributed by atoms with E-state index in [9.17, 15) is 27.9 Å². The van der Waals surface area contributed by atoms with Gasteiger partial charge in [-0.3, -0.25) is 9.69 Å². The van der Waals surface area contributed by atoms with Crippen molar-refractivity contribution in [1.82, 2.24) is 4.90 Å². The van der Waals surface area contributed by atoms with Gasteiger partial charge in [-0.1, -0.05) is 11.8 Å². The van der Waals surface area contributed by atoms with Crippen LogP contribution in [0.3, 0.4) is 0 Å². The van der Waals surface area contributed by atoms with Gasteiger partial charge >= 0.3 is 12.1 Å². The molecule has 2 rings (SSSR count). The number of alkyl halides is 3. The molecule has 1 N–H and O–H groups in total. The maximum absolute atomic E-state index is 12.9. The van der Waals surface area contributed by atoms with E-state index in [2.05, 4.69) is 4.74 Å². The first-order valence-corrected chi connectivity index (χ1v) is 9.02. The number of methoxy groups -OCH3 is 1. The monoisotopic (exact) mass is 375 g/mol. The number of likely N-dealkylation sites (tertiary alicyclic amines) is 1. The van der Waals surface area contributed by atoms with Crippen molar-refractivity contribution in [3.05, 3.63) is 9.93 Å². The number of β-lactam (4-membered cyclic amide) rings is 1. The zero-order valence-electron chi connectivity index (χ0n) is 11.5. The number of halogens is 3. The van der Waals surface area contributed by atoms with Gasteiger partial charge in [0.05, 0.1) is 23.1 Å². The van der Waals surface area contributed by atoms with Gasteiger partial charge in [-0.2, -0.15) is 13.2 Å². The van der Waals surface area contributed by atoms with Crippen LogP contribution >= 0.6 is 35.3 Å². The highest BCUT2D eigenvalue weighted by atomic mass is 32.2. The van der Waals surface area contributed by atoms with Gasteiger partial charge < -0.3 is 9.84 Å². The minimum absolute atomic E-state index is 0.0567. The predicted octanol–water partition coefficient (Wildman–Crippen LogP) is 1.98. The average molecular weight is 375 g/mol. The SMILES string of the molecule is COC(=O)C(=C1SCC(O)(C(F)(F)F)S1)N1C(=O)CC1SC. The first-order valence-electron chi connectivity index (χ1n) is 5.93. The van der Waals surface area contributed by atoms with Gasteiger partial charge in [-0.05, 0) is 6.26 Å². The zero-order chi connectivity index (χ0) is 16.7. The maximum atomic E-state index is 12.9. The van der Waals surface area contributed by atoms with Crippen molar-refractivity contribution in [3.8, 4) is 0 Å². The molecule has 0 aromatic carbocycles. The van der Waals surface area contributed by atoms with E-state index in [1.807, 2.05) is 0 Å². The fraction of sp³-hybridized carbons (Fsp3) is 0.636. The van der Waals surface area contributed by atoms with E-state index in [-0.39, 0.29) is 39.4 Å². The number of amides is 1. The number of ether oxygens (including phenoxy) is 1. The number of rotatable bonds is 3. The number of hydrogen-bond acceptors (Lipinski definition) is 7. The summed E-state index contributed by atoms with van der Waals surface area (Å²) in [5, 5.41) is 9.36.